The molecular weight excluding hydrogens is 346 g/mol. The topological polar surface area (TPSA) is 37.0 Å². The number of rotatable bonds is 4. The van der Waals surface area contributed by atoms with E-state index in [0.717, 1.165) is 59.7 Å². The molecule has 2 aromatic carbocycles. The Morgan fingerprint density at radius 1 is 0.962 bits per heavy atom. The number of piperazine rings is 1. The molecule has 0 atom stereocenters. The van der Waals surface area contributed by atoms with E-state index in [0.29, 0.717) is 0 Å². The highest BCUT2D eigenvalue weighted by Gasteiger charge is 2.21. The molecule has 0 aromatic heterocycles. The average molecular weight is 372 g/mol. The lowest BCUT2D eigenvalue weighted by molar-refractivity contribution is 0.381. The van der Waals surface area contributed by atoms with E-state index in [4.69, 9.17) is 21.7 Å². The van der Waals surface area contributed by atoms with Gasteiger partial charge in [-0.15, -0.1) is 0 Å². The lowest BCUT2D eigenvalue weighted by Gasteiger charge is -2.38. The summed E-state index contributed by atoms with van der Waals surface area (Å²) in [5.74, 6) is 1.71. The van der Waals surface area contributed by atoms with Gasteiger partial charge in [0, 0.05) is 26.2 Å². The predicted octanol–water partition coefficient (Wildman–Crippen LogP) is 3.53. The van der Waals surface area contributed by atoms with Crippen LogP contribution in [-0.4, -0.2) is 50.4 Å². The van der Waals surface area contributed by atoms with Crippen molar-refractivity contribution in [3.8, 4) is 11.5 Å². The van der Waals surface area contributed by atoms with Gasteiger partial charge in [0.15, 0.2) is 5.11 Å². The minimum atomic E-state index is 0.730. The lowest BCUT2D eigenvalue weighted by Crippen LogP contribution is -2.50. The summed E-state index contributed by atoms with van der Waals surface area (Å²) in [6.45, 7) is 5.57. The van der Waals surface area contributed by atoms with E-state index in [2.05, 4.69) is 34.2 Å². The lowest BCUT2D eigenvalue weighted by atomic mass is 10.2. The van der Waals surface area contributed by atoms with Crippen LogP contribution in [0.2, 0.25) is 0 Å². The van der Waals surface area contributed by atoms with Crippen molar-refractivity contribution in [2.45, 2.75) is 6.92 Å². The van der Waals surface area contributed by atoms with Crippen LogP contribution in [0.5, 0.6) is 11.5 Å². The zero-order valence-electron chi connectivity index (χ0n) is 15.5. The molecule has 0 unspecified atom stereocenters. The largest absolute Gasteiger partial charge is 0.495 e. The standard InChI is InChI=1S/C20H25N3O2S/c1-15-8-9-18(24-2)16(14-15)21-20(26)23-12-10-22(11-13-23)17-6-4-5-7-19(17)25-3/h4-9,14H,10-13H2,1-3H3,(H,21,26). The van der Waals surface area contributed by atoms with E-state index in [1.807, 2.05) is 30.3 Å². The maximum Gasteiger partial charge on any atom is 0.173 e. The van der Waals surface area contributed by atoms with Crippen LogP contribution in [0.15, 0.2) is 42.5 Å². The molecule has 1 aliphatic rings. The van der Waals surface area contributed by atoms with Gasteiger partial charge in [-0.25, -0.2) is 0 Å². The van der Waals surface area contributed by atoms with Crippen molar-refractivity contribution < 1.29 is 9.47 Å². The second kappa shape index (κ2) is 8.27. The van der Waals surface area contributed by atoms with Crippen molar-refractivity contribution >= 4 is 28.7 Å². The highest BCUT2D eigenvalue weighted by molar-refractivity contribution is 7.80. The van der Waals surface area contributed by atoms with Crippen molar-refractivity contribution in [2.75, 3.05) is 50.6 Å². The SMILES string of the molecule is COc1ccc(C)cc1NC(=S)N1CCN(c2ccccc2OC)CC1. The van der Waals surface area contributed by atoms with Crippen molar-refractivity contribution in [1.29, 1.82) is 0 Å². The number of thiocarbonyl (C=S) groups is 1. The molecule has 138 valence electrons. The van der Waals surface area contributed by atoms with Crippen LogP contribution < -0.4 is 19.7 Å². The number of nitrogens with one attached hydrogen (secondary N) is 1. The molecule has 5 nitrogen and oxygen atoms in total. The Labute approximate surface area is 160 Å². The second-order valence-corrected chi connectivity index (χ2v) is 6.67. The van der Waals surface area contributed by atoms with Crippen LogP contribution >= 0.6 is 12.2 Å². The van der Waals surface area contributed by atoms with E-state index in [1.54, 1.807) is 14.2 Å². The number of benzene rings is 2. The highest BCUT2D eigenvalue weighted by Crippen LogP contribution is 2.29. The first-order valence-corrected chi connectivity index (χ1v) is 9.11. The summed E-state index contributed by atoms with van der Waals surface area (Å²) in [6.07, 6.45) is 0. The monoisotopic (exact) mass is 371 g/mol. The number of ether oxygens (including phenoxy) is 2. The van der Waals surface area contributed by atoms with Gasteiger partial charge in [-0.1, -0.05) is 18.2 Å². The van der Waals surface area contributed by atoms with Gasteiger partial charge in [-0.3, -0.25) is 0 Å². The van der Waals surface area contributed by atoms with E-state index in [-0.39, 0.29) is 0 Å². The number of methoxy groups -OCH3 is 2. The number of hydrogen-bond donors (Lipinski definition) is 1. The molecule has 0 amide bonds. The third kappa shape index (κ3) is 4.02. The highest BCUT2D eigenvalue weighted by atomic mass is 32.1. The van der Waals surface area contributed by atoms with Crippen LogP contribution in [0, 0.1) is 6.92 Å². The van der Waals surface area contributed by atoms with Crippen LogP contribution in [-0.2, 0) is 0 Å². The van der Waals surface area contributed by atoms with Crippen molar-refractivity contribution in [3.05, 3.63) is 48.0 Å². The summed E-state index contributed by atoms with van der Waals surface area (Å²) < 4.78 is 10.9. The minimum absolute atomic E-state index is 0.730. The van der Waals surface area contributed by atoms with Crippen LogP contribution in [0.4, 0.5) is 11.4 Å². The Kier molecular flexibility index (Phi) is 5.83. The van der Waals surface area contributed by atoms with Gasteiger partial charge in [-0.05, 0) is 49.0 Å². The Bertz CT molecular complexity index is 773. The molecule has 1 saturated heterocycles. The first kappa shape index (κ1) is 18.3. The second-order valence-electron chi connectivity index (χ2n) is 6.28. The van der Waals surface area contributed by atoms with Gasteiger partial charge in [-0.2, -0.15) is 0 Å². The number of anilines is 2. The molecule has 0 aliphatic carbocycles. The van der Waals surface area contributed by atoms with Gasteiger partial charge < -0.3 is 24.6 Å². The molecule has 6 heteroatoms. The maximum absolute atomic E-state index is 5.63. The normalized spacial score (nSPS) is 14.1. The van der Waals surface area contributed by atoms with Gasteiger partial charge >= 0.3 is 0 Å². The third-order valence-corrected chi connectivity index (χ3v) is 4.95. The minimum Gasteiger partial charge on any atom is -0.495 e. The Morgan fingerprint density at radius 2 is 1.65 bits per heavy atom. The molecule has 0 spiro atoms. The summed E-state index contributed by atoms with van der Waals surface area (Å²) in [5, 5.41) is 4.07. The Morgan fingerprint density at radius 3 is 2.35 bits per heavy atom. The zero-order chi connectivity index (χ0) is 18.5. The molecular formula is C20H25N3O2S. The summed E-state index contributed by atoms with van der Waals surface area (Å²) in [4.78, 5) is 4.54. The van der Waals surface area contributed by atoms with E-state index >= 15 is 0 Å². The molecule has 1 aliphatic heterocycles. The van der Waals surface area contributed by atoms with E-state index in [9.17, 15) is 0 Å². The molecule has 0 bridgehead atoms. The molecule has 2 aromatic rings. The molecule has 26 heavy (non-hydrogen) atoms. The summed E-state index contributed by atoms with van der Waals surface area (Å²) in [6, 6.07) is 14.2. The van der Waals surface area contributed by atoms with Crippen LogP contribution in [0.3, 0.4) is 0 Å². The van der Waals surface area contributed by atoms with Gasteiger partial charge in [0.2, 0.25) is 0 Å². The maximum atomic E-state index is 5.63. The first-order valence-electron chi connectivity index (χ1n) is 8.71. The fourth-order valence-corrected chi connectivity index (χ4v) is 3.45. The van der Waals surface area contributed by atoms with Crippen molar-refractivity contribution in [1.82, 2.24) is 4.90 Å². The molecule has 1 heterocycles. The first-order chi connectivity index (χ1) is 12.6. The average Bonchev–Trinajstić information content (AvgIpc) is 2.68. The predicted molar refractivity (Wildman–Crippen MR) is 111 cm³/mol. The molecule has 0 radical (unpaired) electrons. The third-order valence-electron chi connectivity index (χ3n) is 4.59. The molecule has 1 N–H and O–H groups in total. The Hall–Kier alpha value is -2.47. The van der Waals surface area contributed by atoms with Crippen LogP contribution in [0.25, 0.3) is 0 Å². The molecule has 1 fully saturated rings. The van der Waals surface area contributed by atoms with E-state index in [1.165, 1.54) is 0 Å². The summed E-state index contributed by atoms with van der Waals surface area (Å²) in [7, 11) is 3.38. The zero-order valence-corrected chi connectivity index (χ0v) is 16.3. The number of nitrogens with zero attached hydrogens (tertiary/aromatic N) is 2. The number of aryl methyl sites for hydroxylation is 1. The van der Waals surface area contributed by atoms with Gasteiger partial charge in [0.1, 0.15) is 11.5 Å². The smallest absolute Gasteiger partial charge is 0.173 e. The fourth-order valence-electron chi connectivity index (χ4n) is 3.16. The van der Waals surface area contributed by atoms with Crippen LogP contribution in [0.1, 0.15) is 5.56 Å². The summed E-state index contributed by atoms with van der Waals surface area (Å²) in [5.41, 5.74) is 3.20. The molecule has 3 rings (SSSR count). The van der Waals surface area contributed by atoms with Gasteiger partial charge in [0.25, 0.3) is 0 Å². The Balaban J connectivity index is 1.63. The van der Waals surface area contributed by atoms with E-state index < -0.39 is 0 Å². The fraction of sp³-hybridized carbons (Fsp3) is 0.350. The van der Waals surface area contributed by atoms with Crippen molar-refractivity contribution in [3.63, 3.8) is 0 Å². The molecule has 0 saturated carbocycles. The van der Waals surface area contributed by atoms with Crippen molar-refractivity contribution in [2.24, 2.45) is 0 Å². The number of para-hydroxylation sites is 2. The summed E-state index contributed by atoms with van der Waals surface area (Å²) >= 11 is 5.63. The van der Waals surface area contributed by atoms with Gasteiger partial charge in [0.05, 0.1) is 25.6 Å². The number of hydrogen-bond acceptors (Lipinski definition) is 4. The quantitative estimate of drug-likeness (QED) is 0.829.